The number of nitrogens with one attached hydrogen (secondary N) is 2. The van der Waals surface area contributed by atoms with Crippen LogP contribution in [-0.2, 0) is 27.2 Å². The van der Waals surface area contributed by atoms with Crippen molar-refractivity contribution in [3.8, 4) is 0 Å². The fraction of sp³-hybridized carbons (Fsp3) is 0.692. The first kappa shape index (κ1) is 25.3. The van der Waals surface area contributed by atoms with E-state index >= 15 is 0 Å². The zero-order valence-electron chi connectivity index (χ0n) is 20.6. The van der Waals surface area contributed by atoms with Crippen LogP contribution in [0.2, 0.25) is 0 Å². The molecule has 9 heteroatoms. The summed E-state index contributed by atoms with van der Waals surface area (Å²) >= 11 is 0. The molecule has 2 amide bonds. The largest absolute Gasteiger partial charge is 0.480 e. The summed E-state index contributed by atoms with van der Waals surface area (Å²) < 4.78 is 5.32. The molecule has 3 heterocycles. The average molecular weight is 487 g/mol. The van der Waals surface area contributed by atoms with Crippen molar-refractivity contribution in [2.24, 2.45) is 11.8 Å². The van der Waals surface area contributed by atoms with Gasteiger partial charge in [-0.2, -0.15) is 0 Å². The second-order valence-electron chi connectivity index (χ2n) is 10.3. The maximum atomic E-state index is 12.2. The van der Waals surface area contributed by atoms with Crippen molar-refractivity contribution in [3.05, 3.63) is 23.4 Å². The fourth-order valence-electron chi connectivity index (χ4n) is 5.51. The molecule has 0 unspecified atom stereocenters. The minimum absolute atomic E-state index is 0.0503. The van der Waals surface area contributed by atoms with Crippen molar-refractivity contribution >= 4 is 23.8 Å². The van der Waals surface area contributed by atoms with E-state index in [4.69, 9.17) is 9.72 Å². The molecule has 2 fully saturated rings. The zero-order valence-corrected chi connectivity index (χ0v) is 20.6. The maximum Gasteiger partial charge on any atom is 0.408 e. The highest BCUT2D eigenvalue weighted by Crippen LogP contribution is 2.40. The lowest BCUT2D eigenvalue weighted by molar-refractivity contribution is -0.139. The summed E-state index contributed by atoms with van der Waals surface area (Å²) in [4.78, 5) is 41.6. The molecule has 1 aromatic heterocycles. The van der Waals surface area contributed by atoms with Gasteiger partial charge in [0, 0.05) is 32.1 Å². The number of aliphatic carboxylic acids is 1. The topological polar surface area (TPSA) is 121 Å². The molecule has 192 valence electrons. The summed E-state index contributed by atoms with van der Waals surface area (Å²) in [5, 5.41) is 15.4. The number of aromatic nitrogens is 1. The number of carbonyl (C=O) groups excluding carboxylic acids is 2. The summed E-state index contributed by atoms with van der Waals surface area (Å²) in [6.45, 7) is 3.41. The third-order valence-corrected chi connectivity index (χ3v) is 7.65. The van der Waals surface area contributed by atoms with Gasteiger partial charge in [-0.25, -0.2) is 14.6 Å². The molecule has 0 aromatic carbocycles. The lowest BCUT2D eigenvalue weighted by Crippen LogP contribution is -2.42. The van der Waals surface area contributed by atoms with Gasteiger partial charge < -0.3 is 25.4 Å². The van der Waals surface area contributed by atoms with Gasteiger partial charge in [-0.1, -0.05) is 18.9 Å². The highest BCUT2D eigenvalue weighted by Gasteiger charge is 2.31. The first-order chi connectivity index (χ1) is 16.9. The van der Waals surface area contributed by atoms with E-state index in [2.05, 4.69) is 22.8 Å². The number of anilines is 1. The van der Waals surface area contributed by atoms with Gasteiger partial charge in [-0.05, 0) is 68.4 Å². The van der Waals surface area contributed by atoms with Crippen molar-refractivity contribution in [2.45, 2.75) is 83.3 Å². The van der Waals surface area contributed by atoms with Crippen LogP contribution in [0.15, 0.2) is 12.1 Å². The second kappa shape index (κ2) is 11.7. The highest BCUT2D eigenvalue weighted by atomic mass is 16.6. The molecule has 9 nitrogen and oxygen atoms in total. The van der Waals surface area contributed by atoms with E-state index in [1.165, 1.54) is 31.7 Å². The first-order valence-corrected chi connectivity index (χ1v) is 13.1. The average Bonchev–Trinajstić information content (AvgIpc) is 3.27. The molecule has 4 rings (SSSR count). The zero-order chi connectivity index (χ0) is 24.8. The first-order valence-electron chi connectivity index (χ1n) is 13.1. The predicted molar refractivity (Wildman–Crippen MR) is 131 cm³/mol. The maximum absolute atomic E-state index is 12.2. The number of rotatable bonds is 10. The van der Waals surface area contributed by atoms with Crippen LogP contribution in [-0.4, -0.2) is 64.7 Å². The lowest BCUT2D eigenvalue weighted by Gasteiger charge is -2.35. The Morgan fingerprint density at radius 2 is 2.06 bits per heavy atom. The lowest BCUT2D eigenvalue weighted by atomic mass is 9.70. The van der Waals surface area contributed by atoms with Gasteiger partial charge in [0.2, 0.25) is 5.91 Å². The molecule has 0 radical (unpaired) electrons. The van der Waals surface area contributed by atoms with Crippen molar-refractivity contribution in [3.63, 3.8) is 0 Å². The monoisotopic (exact) mass is 486 g/mol. The molecule has 1 aliphatic carbocycles. The van der Waals surface area contributed by atoms with Gasteiger partial charge in [0.05, 0.1) is 6.54 Å². The van der Waals surface area contributed by atoms with E-state index in [1.54, 1.807) is 4.90 Å². The number of likely N-dealkylation sites (tertiary alicyclic amines) is 1. The van der Waals surface area contributed by atoms with E-state index in [0.717, 1.165) is 56.1 Å². The van der Waals surface area contributed by atoms with Crippen LogP contribution in [0.5, 0.6) is 0 Å². The smallest absolute Gasteiger partial charge is 0.408 e. The van der Waals surface area contributed by atoms with Gasteiger partial charge >= 0.3 is 12.1 Å². The summed E-state index contributed by atoms with van der Waals surface area (Å²) in [6, 6.07) is 3.43. The van der Waals surface area contributed by atoms with E-state index in [0.29, 0.717) is 31.8 Å². The van der Waals surface area contributed by atoms with Crippen LogP contribution in [0.3, 0.4) is 0 Å². The third-order valence-electron chi connectivity index (χ3n) is 7.65. The number of carbonyl (C=O) groups is 3. The quantitative estimate of drug-likeness (QED) is 0.464. The van der Waals surface area contributed by atoms with Crippen LogP contribution < -0.4 is 10.6 Å². The number of nitrogens with zero attached hydrogens (tertiary/aromatic N) is 2. The van der Waals surface area contributed by atoms with E-state index in [9.17, 15) is 19.5 Å². The van der Waals surface area contributed by atoms with Crippen LogP contribution in [0.25, 0.3) is 0 Å². The summed E-state index contributed by atoms with van der Waals surface area (Å²) in [5.41, 5.74) is 2.49. The molecule has 2 aliphatic heterocycles. The Balaban J connectivity index is 1.10. The summed E-state index contributed by atoms with van der Waals surface area (Å²) in [7, 11) is 0. The molecule has 1 saturated carbocycles. The summed E-state index contributed by atoms with van der Waals surface area (Å²) in [6.07, 6.45) is 8.41. The minimum Gasteiger partial charge on any atom is -0.480 e. The number of carboxylic acids is 1. The van der Waals surface area contributed by atoms with Crippen LogP contribution in [0, 0.1) is 11.8 Å². The number of carboxylic acid groups (broad SMARTS) is 1. The normalized spacial score (nSPS) is 24.0. The predicted octanol–water partition coefficient (Wildman–Crippen LogP) is 3.37. The molecule has 2 atom stereocenters. The number of hydrogen-bond donors (Lipinski definition) is 3. The molecule has 0 bridgehead atoms. The van der Waals surface area contributed by atoms with Gasteiger partial charge in [0.15, 0.2) is 0 Å². The van der Waals surface area contributed by atoms with Crippen LogP contribution >= 0.6 is 0 Å². The van der Waals surface area contributed by atoms with Crippen molar-refractivity contribution in [1.82, 2.24) is 15.2 Å². The Labute approximate surface area is 207 Å². The Kier molecular flexibility index (Phi) is 8.46. The Morgan fingerprint density at radius 1 is 1.26 bits per heavy atom. The Morgan fingerprint density at radius 3 is 2.80 bits per heavy atom. The number of pyridine rings is 1. The Hall–Kier alpha value is -2.84. The molecule has 1 aromatic rings. The number of aryl methyl sites for hydroxylation is 2. The third kappa shape index (κ3) is 7.08. The molecule has 0 spiro atoms. The van der Waals surface area contributed by atoms with Gasteiger partial charge in [-0.15, -0.1) is 0 Å². The Bertz CT molecular complexity index is 917. The van der Waals surface area contributed by atoms with E-state index in [-0.39, 0.29) is 12.0 Å². The van der Waals surface area contributed by atoms with Crippen molar-refractivity contribution in [1.29, 1.82) is 0 Å². The number of fused-ring (bicyclic) bond motifs is 1. The van der Waals surface area contributed by atoms with Crippen molar-refractivity contribution in [2.75, 3.05) is 25.0 Å². The SMILES string of the molecule is CC(=O)N1CC[C@@H](OC(=O)N[C@@H](CCC[C@H]2C[C@H](CCc3ccc4c(n3)NCCC4)C2)C(=O)O)C1. The highest BCUT2D eigenvalue weighted by molar-refractivity contribution is 5.80. The molecular weight excluding hydrogens is 448 g/mol. The van der Waals surface area contributed by atoms with Crippen LogP contribution in [0.1, 0.15) is 69.5 Å². The minimum atomic E-state index is -1.04. The molecule has 3 aliphatic rings. The van der Waals surface area contributed by atoms with Gasteiger partial charge in [0.25, 0.3) is 0 Å². The van der Waals surface area contributed by atoms with Gasteiger partial charge in [0.1, 0.15) is 18.0 Å². The second-order valence-corrected chi connectivity index (χ2v) is 10.3. The van der Waals surface area contributed by atoms with Gasteiger partial charge in [-0.3, -0.25) is 4.79 Å². The van der Waals surface area contributed by atoms with Crippen LogP contribution in [0.4, 0.5) is 10.6 Å². The number of alkyl carbamates (subject to hydrolysis) is 1. The number of ether oxygens (including phenoxy) is 1. The number of amides is 2. The molecule has 1 saturated heterocycles. The van der Waals surface area contributed by atoms with Crippen molar-refractivity contribution < 1.29 is 24.2 Å². The number of hydrogen-bond acceptors (Lipinski definition) is 6. The molecule has 35 heavy (non-hydrogen) atoms. The van der Waals surface area contributed by atoms with E-state index < -0.39 is 18.1 Å². The summed E-state index contributed by atoms with van der Waals surface area (Å²) in [5.74, 6) is 1.32. The molecular formula is C26H38N4O5. The standard InChI is InChI=1S/C26H38N4O5/c1-17(31)30-13-11-22(16-30)35-26(34)29-23(25(32)33)6-2-4-18-14-19(15-18)7-9-21-10-8-20-5-3-12-27-24(20)28-21/h8,10,18-19,22-23H,2-7,9,11-16H2,1H3,(H,27,28)(H,29,34)(H,32,33)/t18-,19-,22-,23+/m1/s1. The molecule has 3 N–H and O–H groups in total. The van der Waals surface area contributed by atoms with E-state index in [1.807, 2.05) is 0 Å². The fourth-order valence-corrected chi connectivity index (χ4v) is 5.51.